The fraction of sp³-hybridized carbons (Fsp3) is 0.343. The number of pyridine rings is 1. The molecule has 0 N–H and O–H groups in total. The summed E-state index contributed by atoms with van der Waals surface area (Å²) < 4.78 is 9.31. The summed E-state index contributed by atoms with van der Waals surface area (Å²) in [4.78, 5) is 0. The summed E-state index contributed by atoms with van der Waals surface area (Å²) in [6.45, 7) is 9.18. The average molecular weight is 487 g/mol. The second-order valence-corrected chi connectivity index (χ2v) is 12.5. The molecule has 186 valence electrons. The lowest BCUT2D eigenvalue weighted by atomic mass is 9.78. The molecule has 0 unspecified atom stereocenters. The van der Waals surface area contributed by atoms with Crippen molar-refractivity contribution >= 4 is 32.3 Å². The van der Waals surface area contributed by atoms with Crippen molar-refractivity contribution in [1.82, 2.24) is 0 Å². The predicted octanol–water partition coefficient (Wildman–Crippen LogP) is 9.08. The van der Waals surface area contributed by atoms with E-state index in [4.69, 9.17) is 4.74 Å². The van der Waals surface area contributed by atoms with Gasteiger partial charge in [-0.3, -0.25) is 0 Å². The number of hydrogen-bond donors (Lipinski definition) is 0. The molecule has 7 rings (SSSR count). The van der Waals surface area contributed by atoms with Crippen LogP contribution in [0.25, 0.3) is 43.6 Å². The number of nitrogens with zero attached hydrogens (tertiary/aromatic N) is 1. The number of hydrogen-bond acceptors (Lipinski definition) is 1. The molecule has 1 saturated carbocycles. The van der Waals surface area contributed by atoms with Gasteiger partial charge in [-0.25, -0.2) is 4.57 Å². The lowest BCUT2D eigenvalue weighted by Gasteiger charge is -2.30. The summed E-state index contributed by atoms with van der Waals surface area (Å²) in [5.74, 6) is 2.86. The zero-order chi connectivity index (χ0) is 25.5. The van der Waals surface area contributed by atoms with Crippen molar-refractivity contribution in [2.75, 3.05) is 0 Å². The number of aromatic nitrogens is 1. The van der Waals surface area contributed by atoms with Crippen LogP contribution in [-0.4, -0.2) is 0 Å². The van der Waals surface area contributed by atoms with Crippen molar-refractivity contribution in [3.8, 4) is 22.8 Å². The first-order chi connectivity index (χ1) is 17.8. The van der Waals surface area contributed by atoms with Gasteiger partial charge in [-0.1, -0.05) is 88.9 Å². The van der Waals surface area contributed by atoms with Gasteiger partial charge in [0.25, 0.3) is 0 Å². The third-order valence-corrected chi connectivity index (χ3v) is 8.89. The maximum atomic E-state index is 7.02. The highest BCUT2D eigenvalue weighted by Gasteiger charge is 2.36. The Kier molecular flexibility index (Phi) is 4.96. The topological polar surface area (TPSA) is 13.1 Å². The van der Waals surface area contributed by atoms with Gasteiger partial charge in [0.2, 0.25) is 5.69 Å². The number of fused-ring (bicyclic) bond motifs is 5. The van der Waals surface area contributed by atoms with Crippen LogP contribution in [0.4, 0.5) is 0 Å². The summed E-state index contributed by atoms with van der Waals surface area (Å²) in [6, 6.07) is 20.6. The number of ether oxygens (including phenoxy) is 1. The monoisotopic (exact) mass is 486 g/mol. The van der Waals surface area contributed by atoms with Gasteiger partial charge in [0.15, 0.2) is 6.20 Å². The molecular formula is C35H36NO+. The summed E-state index contributed by atoms with van der Waals surface area (Å²) in [6.07, 6.45) is 8.97. The quantitative estimate of drug-likeness (QED) is 0.176. The van der Waals surface area contributed by atoms with Gasteiger partial charge >= 0.3 is 0 Å². The molecule has 0 atom stereocenters. The third-order valence-electron chi connectivity index (χ3n) is 8.89. The molecule has 4 aromatic carbocycles. The van der Waals surface area contributed by atoms with Gasteiger partial charge in [-0.05, 0) is 63.4 Å². The highest BCUT2D eigenvalue weighted by atomic mass is 16.5. The Bertz CT molecular complexity index is 1730. The molecule has 2 nitrogen and oxygen atoms in total. The number of rotatable bonds is 2. The Morgan fingerprint density at radius 2 is 1.65 bits per heavy atom. The van der Waals surface area contributed by atoms with Crippen LogP contribution in [0.2, 0.25) is 0 Å². The van der Waals surface area contributed by atoms with E-state index in [2.05, 4.69) is 100 Å². The highest BCUT2D eigenvalue weighted by molar-refractivity contribution is 6.16. The maximum Gasteiger partial charge on any atom is 0.228 e. The zero-order valence-corrected chi connectivity index (χ0v) is 22.7. The summed E-state index contributed by atoms with van der Waals surface area (Å²) in [5, 5.41) is 7.72. The Hall–Kier alpha value is -3.39. The molecule has 0 saturated heterocycles. The predicted molar refractivity (Wildman–Crippen MR) is 155 cm³/mol. The van der Waals surface area contributed by atoms with Crippen molar-refractivity contribution in [2.24, 2.45) is 13.0 Å². The highest BCUT2D eigenvalue weighted by Crippen LogP contribution is 2.54. The van der Waals surface area contributed by atoms with Crippen molar-refractivity contribution in [2.45, 2.75) is 65.2 Å². The molecule has 1 aliphatic carbocycles. The molecule has 2 aliphatic rings. The molecule has 2 heteroatoms. The first-order valence-corrected chi connectivity index (χ1v) is 13.9. The first kappa shape index (κ1) is 22.8. The lowest BCUT2D eigenvalue weighted by Crippen LogP contribution is -2.32. The van der Waals surface area contributed by atoms with Crippen LogP contribution in [0.3, 0.4) is 0 Å². The second kappa shape index (κ2) is 8.05. The van der Waals surface area contributed by atoms with Crippen molar-refractivity contribution in [1.29, 1.82) is 0 Å². The van der Waals surface area contributed by atoms with Gasteiger partial charge in [0, 0.05) is 17.0 Å². The number of benzene rings is 4. The molecule has 2 heterocycles. The van der Waals surface area contributed by atoms with Crippen molar-refractivity contribution in [3.63, 3.8) is 0 Å². The van der Waals surface area contributed by atoms with Crippen LogP contribution in [0, 0.1) is 12.8 Å². The summed E-state index contributed by atoms with van der Waals surface area (Å²) in [5.41, 5.74) is 6.48. The molecule has 0 spiro atoms. The van der Waals surface area contributed by atoms with Gasteiger partial charge in [0.1, 0.15) is 18.5 Å². The molecule has 0 radical (unpaired) electrons. The normalized spacial score (nSPS) is 15.5. The van der Waals surface area contributed by atoms with E-state index in [0.29, 0.717) is 0 Å². The van der Waals surface area contributed by atoms with E-state index in [1.165, 1.54) is 92.4 Å². The average Bonchev–Trinajstić information content (AvgIpc) is 3.37. The SMILES string of the molecule is Cc1c2c(c(C(C)(C)C)c3ccccc13)Oc1cc3cc(CC4CCCC4)ccc3c3cc[n+](C)c-2c13. The van der Waals surface area contributed by atoms with Gasteiger partial charge in [0.05, 0.1) is 10.9 Å². The maximum absolute atomic E-state index is 7.02. The minimum atomic E-state index is -0.0628. The molecule has 0 amide bonds. The molecule has 1 aliphatic heterocycles. The summed E-state index contributed by atoms with van der Waals surface area (Å²) >= 11 is 0. The summed E-state index contributed by atoms with van der Waals surface area (Å²) in [7, 11) is 2.17. The zero-order valence-electron chi connectivity index (χ0n) is 22.7. The van der Waals surface area contributed by atoms with Crippen LogP contribution >= 0.6 is 0 Å². The van der Waals surface area contributed by atoms with E-state index in [1.54, 1.807) is 0 Å². The molecule has 1 fully saturated rings. The largest absolute Gasteiger partial charge is 0.455 e. The minimum absolute atomic E-state index is 0.0628. The van der Waals surface area contributed by atoms with E-state index in [9.17, 15) is 0 Å². The Morgan fingerprint density at radius 3 is 2.41 bits per heavy atom. The van der Waals surface area contributed by atoms with E-state index in [1.807, 2.05) is 0 Å². The smallest absolute Gasteiger partial charge is 0.228 e. The van der Waals surface area contributed by atoms with Crippen LogP contribution in [0.15, 0.2) is 60.8 Å². The van der Waals surface area contributed by atoms with E-state index >= 15 is 0 Å². The third kappa shape index (κ3) is 3.41. The van der Waals surface area contributed by atoms with Crippen LogP contribution in [0.1, 0.15) is 63.1 Å². The molecule has 37 heavy (non-hydrogen) atoms. The second-order valence-electron chi connectivity index (χ2n) is 12.5. The molecule has 1 aromatic heterocycles. The minimum Gasteiger partial charge on any atom is -0.455 e. The van der Waals surface area contributed by atoms with E-state index in [0.717, 1.165) is 17.4 Å². The fourth-order valence-electron chi connectivity index (χ4n) is 7.19. The Labute approximate surface area is 219 Å². The molecular weight excluding hydrogens is 450 g/mol. The van der Waals surface area contributed by atoms with E-state index < -0.39 is 0 Å². The standard InChI is InChI=1S/C35H36NO/c1-21-25-12-8-9-13-28(25)32(35(2,3)4)34-30(21)33-31-27(16-17-36(33)5)26-15-14-23(18-22-10-6-7-11-22)19-24(26)20-29(31)37-34/h8-9,12-17,19-20,22H,6-7,10-11,18H2,1-5H3/q+1. The number of aryl methyl sites for hydroxylation is 2. The van der Waals surface area contributed by atoms with Crippen molar-refractivity contribution < 1.29 is 9.30 Å². The van der Waals surface area contributed by atoms with Crippen molar-refractivity contribution in [3.05, 3.63) is 77.5 Å². The van der Waals surface area contributed by atoms with Crippen LogP contribution < -0.4 is 9.30 Å². The first-order valence-electron chi connectivity index (χ1n) is 13.9. The van der Waals surface area contributed by atoms with Crippen LogP contribution in [-0.2, 0) is 18.9 Å². The lowest BCUT2D eigenvalue weighted by molar-refractivity contribution is -0.659. The van der Waals surface area contributed by atoms with E-state index in [-0.39, 0.29) is 5.41 Å². The fourth-order valence-corrected chi connectivity index (χ4v) is 7.19. The van der Waals surface area contributed by atoms with Gasteiger partial charge < -0.3 is 4.74 Å². The van der Waals surface area contributed by atoms with Crippen LogP contribution in [0.5, 0.6) is 11.5 Å². The van der Waals surface area contributed by atoms with Gasteiger partial charge in [-0.2, -0.15) is 0 Å². The Balaban J connectivity index is 1.54. The molecule has 0 bridgehead atoms. The Morgan fingerprint density at radius 1 is 0.892 bits per heavy atom. The van der Waals surface area contributed by atoms with Gasteiger partial charge in [-0.15, -0.1) is 0 Å². The molecule has 5 aromatic rings.